The average molecular weight is 196 g/mol. The molecule has 0 aromatic carbocycles. The Balaban J connectivity index is 2.82. The highest BCUT2D eigenvalue weighted by molar-refractivity contribution is 5.17. The molecule has 0 bridgehead atoms. The van der Waals surface area contributed by atoms with E-state index in [4.69, 9.17) is 4.42 Å². The van der Waals surface area contributed by atoms with Crippen LogP contribution in [-0.4, -0.2) is 9.36 Å². The zero-order valence-corrected chi connectivity index (χ0v) is 6.88. The number of hydrogen-bond acceptors (Lipinski definition) is 3. The lowest BCUT2D eigenvalue weighted by molar-refractivity contribution is 0.332. The number of rotatable bonds is 1. The molecule has 0 aliphatic heterocycles. The molecule has 0 saturated heterocycles. The molecule has 0 fully saturated rings. The third-order valence-electron chi connectivity index (χ3n) is 1.67. The average Bonchev–Trinajstić information content (AvgIpc) is 2.65. The van der Waals surface area contributed by atoms with E-state index in [1.807, 2.05) is 0 Å². The van der Waals surface area contributed by atoms with Crippen LogP contribution in [0.1, 0.15) is 0 Å². The highest BCUT2D eigenvalue weighted by Crippen LogP contribution is 2.01. The highest BCUT2D eigenvalue weighted by Gasteiger charge is 2.08. The molecular formula is C8H5FN2O3. The van der Waals surface area contributed by atoms with Crippen molar-refractivity contribution in [3.63, 3.8) is 0 Å². The summed E-state index contributed by atoms with van der Waals surface area (Å²) in [5.41, 5.74) is -1.73. The van der Waals surface area contributed by atoms with E-state index >= 15 is 0 Å². The Labute approximate surface area is 76.6 Å². The molecule has 2 heterocycles. The molecule has 2 aromatic rings. The molecule has 5 nitrogen and oxygen atoms in total. The van der Waals surface area contributed by atoms with E-state index in [1.54, 1.807) is 0 Å². The summed E-state index contributed by atoms with van der Waals surface area (Å²) in [6, 6.07) is 3.82. The van der Waals surface area contributed by atoms with Gasteiger partial charge < -0.3 is 4.42 Å². The fraction of sp³-hybridized carbons (Fsp3) is 0. The van der Waals surface area contributed by atoms with E-state index < -0.39 is 11.2 Å². The van der Waals surface area contributed by atoms with Crippen molar-refractivity contribution in [2.75, 3.05) is 0 Å². The minimum atomic E-state index is -1.09. The van der Waals surface area contributed by atoms with Gasteiger partial charge in [0.15, 0.2) is 0 Å². The lowest BCUT2D eigenvalue weighted by atomic mass is 10.5. The van der Waals surface area contributed by atoms with Crippen LogP contribution in [0, 0.1) is 0 Å². The van der Waals surface area contributed by atoms with Crippen molar-refractivity contribution in [1.29, 1.82) is 0 Å². The quantitative estimate of drug-likeness (QED) is 0.660. The van der Waals surface area contributed by atoms with Crippen LogP contribution in [0.25, 0.3) is 5.88 Å². The van der Waals surface area contributed by atoms with E-state index in [-0.39, 0.29) is 10.7 Å². The van der Waals surface area contributed by atoms with Crippen LogP contribution in [0.3, 0.4) is 0 Å². The standard InChI is InChI=1S/C8H5FN2O3/c9-10-4-3-6(12)11(8(10)13)7-2-1-5-14-7/h1-5H. The number of aromatic nitrogens is 2. The van der Waals surface area contributed by atoms with Crippen LogP contribution in [0.4, 0.5) is 4.48 Å². The fourth-order valence-corrected chi connectivity index (χ4v) is 1.06. The summed E-state index contributed by atoms with van der Waals surface area (Å²) < 4.78 is 18.2. The first-order chi connectivity index (χ1) is 6.70. The highest BCUT2D eigenvalue weighted by atomic mass is 19.2. The molecule has 2 aromatic heterocycles. The van der Waals surface area contributed by atoms with Crippen molar-refractivity contribution in [1.82, 2.24) is 9.36 Å². The van der Waals surface area contributed by atoms with Gasteiger partial charge in [0, 0.05) is 18.3 Å². The maximum Gasteiger partial charge on any atom is 0.366 e. The molecule has 0 amide bonds. The van der Waals surface area contributed by atoms with Crippen LogP contribution in [-0.2, 0) is 0 Å². The zero-order chi connectivity index (χ0) is 10.1. The van der Waals surface area contributed by atoms with Gasteiger partial charge in [-0.2, -0.15) is 4.57 Å². The second-order valence-electron chi connectivity index (χ2n) is 2.53. The first-order valence-electron chi connectivity index (χ1n) is 3.75. The topological polar surface area (TPSA) is 57.1 Å². The van der Waals surface area contributed by atoms with E-state index in [1.165, 1.54) is 18.4 Å². The van der Waals surface area contributed by atoms with Crippen LogP contribution in [0.5, 0.6) is 0 Å². The third kappa shape index (κ3) is 1.17. The van der Waals surface area contributed by atoms with E-state index in [2.05, 4.69) is 0 Å². The summed E-state index contributed by atoms with van der Waals surface area (Å²) >= 11 is 0. The van der Waals surface area contributed by atoms with Gasteiger partial charge in [-0.05, 0) is 6.07 Å². The molecule has 72 valence electrons. The number of nitrogens with zero attached hydrogens (tertiary/aromatic N) is 2. The second kappa shape index (κ2) is 2.99. The van der Waals surface area contributed by atoms with E-state index in [9.17, 15) is 14.1 Å². The first-order valence-corrected chi connectivity index (χ1v) is 3.75. The molecular weight excluding hydrogens is 191 g/mol. The van der Waals surface area contributed by atoms with Crippen molar-refractivity contribution < 1.29 is 8.90 Å². The van der Waals surface area contributed by atoms with Crippen molar-refractivity contribution >= 4 is 0 Å². The van der Waals surface area contributed by atoms with Crippen LogP contribution >= 0.6 is 0 Å². The summed E-state index contributed by atoms with van der Waals surface area (Å²) in [7, 11) is 0. The van der Waals surface area contributed by atoms with Gasteiger partial charge in [-0.3, -0.25) is 4.79 Å². The number of hydrogen-bond donors (Lipinski definition) is 0. The summed E-state index contributed by atoms with van der Waals surface area (Å²) in [6.45, 7) is 0. The molecule has 14 heavy (non-hydrogen) atoms. The van der Waals surface area contributed by atoms with Gasteiger partial charge in [0.2, 0.25) is 5.88 Å². The molecule has 0 aliphatic rings. The monoisotopic (exact) mass is 196 g/mol. The lowest BCUT2D eigenvalue weighted by Crippen LogP contribution is -2.35. The van der Waals surface area contributed by atoms with Gasteiger partial charge in [0.1, 0.15) is 0 Å². The van der Waals surface area contributed by atoms with Crippen LogP contribution in [0.15, 0.2) is 44.7 Å². The molecule has 0 aliphatic carbocycles. The van der Waals surface area contributed by atoms with Gasteiger partial charge in [-0.25, -0.2) is 4.79 Å². The maximum atomic E-state index is 12.8. The summed E-state index contributed by atoms with van der Waals surface area (Å²) in [5.74, 6) is -0.00741. The Morgan fingerprint density at radius 2 is 2.07 bits per heavy atom. The molecule has 0 atom stereocenters. The fourth-order valence-electron chi connectivity index (χ4n) is 1.06. The van der Waals surface area contributed by atoms with Gasteiger partial charge in [0.05, 0.1) is 6.26 Å². The SMILES string of the molecule is O=c1ccn(F)c(=O)n1-c1ccco1. The van der Waals surface area contributed by atoms with Crippen molar-refractivity contribution in [2.24, 2.45) is 0 Å². The number of furan rings is 1. The van der Waals surface area contributed by atoms with Gasteiger partial charge >= 0.3 is 5.69 Å². The summed E-state index contributed by atoms with van der Waals surface area (Å²) in [4.78, 5) is 22.2. The van der Waals surface area contributed by atoms with Crippen molar-refractivity contribution in [3.05, 3.63) is 51.5 Å². The Hall–Kier alpha value is -2.11. The Morgan fingerprint density at radius 3 is 2.71 bits per heavy atom. The smallest absolute Gasteiger partial charge is 0.366 e. The Kier molecular flexibility index (Phi) is 1.81. The molecule has 0 saturated carbocycles. The molecule has 0 radical (unpaired) electrons. The minimum Gasteiger partial charge on any atom is -0.448 e. The van der Waals surface area contributed by atoms with Crippen LogP contribution in [0.2, 0.25) is 0 Å². The molecule has 0 unspecified atom stereocenters. The minimum absolute atomic E-state index is 0.00741. The van der Waals surface area contributed by atoms with Crippen molar-refractivity contribution in [3.8, 4) is 5.88 Å². The maximum absolute atomic E-state index is 12.8. The molecule has 6 heteroatoms. The molecule has 2 rings (SSSR count). The van der Waals surface area contributed by atoms with Crippen molar-refractivity contribution in [2.45, 2.75) is 0 Å². The van der Waals surface area contributed by atoms with E-state index in [0.29, 0.717) is 4.57 Å². The normalized spacial score (nSPS) is 10.4. The molecule has 0 spiro atoms. The van der Waals surface area contributed by atoms with Gasteiger partial charge in [0.25, 0.3) is 5.56 Å². The largest absolute Gasteiger partial charge is 0.448 e. The predicted molar refractivity (Wildman–Crippen MR) is 45.1 cm³/mol. The number of halogens is 1. The van der Waals surface area contributed by atoms with Crippen LogP contribution < -0.4 is 11.2 Å². The zero-order valence-electron chi connectivity index (χ0n) is 6.88. The third-order valence-corrected chi connectivity index (χ3v) is 1.67. The Morgan fingerprint density at radius 1 is 1.29 bits per heavy atom. The molecule has 0 N–H and O–H groups in total. The van der Waals surface area contributed by atoms with Gasteiger partial charge in [-0.1, -0.05) is 4.48 Å². The summed E-state index contributed by atoms with van der Waals surface area (Å²) in [6.07, 6.45) is 2.04. The lowest BCUT2D eigenvalue weighted by Gasteiger charge is -1.99. The summed E-state index contributed by atoms with van der Waals surface area (Å²) in [5, 5.41) is 0. The van der Waals surface area contributed by atoms with E-state index in [0.717, 1.165) is 12.3 Å². The Bertz CT molecular complexity index is 553. The first kappa shape index (κ1) is 8.49. The second-order valence-corrected chi connectivity index (χ2v) is 2.53. The van der Waals surface area contributed by atoms with Gasteiger partial charge in [-0.15, -0.1) is 4.79 Å². The predicted octanol–water partition coefficient (Wildman–Crippen LogP) is 0.325.